The van der Waals surface area contributed by atoms with E-state index in [1.165, 1.54) is 84.4 Å². The molecule has 0 aliphatic heterocycles. The molecule has 2 rings (SSSR count). The molecule has 0 saturated carbocycles. The van der Waals surface area contributed by atoms with Gasteiger partial charge in [0.2, 0.25) is 0 Å². The molecule has 2 heterocycles. The van der Waals surface area contributed by atoms with Crippen LogP contribution in [0.1, 0.15) is 123 Å². The van der Waals surface area contributed by atoms with Crippen LogP contribution in [0, 0.1) is 11.5 Å². The maximum Gasteiger partial charge on any atom is 0.146 e. The Bertz CT molecular complexity index is 882. The van der Waals surface area contributed by atoms with Gasteiger partial charge in [-0.2, -0.15) is 0 Å². The summed E-state index contributed by atoms with van der Waals surface area (Å²) in [7, 11) is -1.72. The molecule has 0 saturated heterocycles. The van der Waals surface area contributed by atoms with E-state index < -0.39 is 8.07 Å². The number of hydrogen-bond donors (Lipinski definition) is 0. The fourth-order valence-corrected chi connectivity index (χ4v) is 13.1. The first-order chi connectivity index (χ1) is 16.3. The SMILES string of the molecule is CCCCCCc1cc(-c2sccc2CCCCCC)sc1C#C[Si](C(C)C)(C(C)C)C(C)C. The van der Waals surface area contributed by atoms with Gasteiger partial charge in [0.1, 0.15) is 8.07 Å². The highest BCUT2D eigenvalue weighted by Crippen LogP contribution is 2.42. The predicted octanol–water partition coefficient (Wildman–Crippen LogP) is 11.3. The van der Waals surface area contributed by atoms with Crippen LogP contribution in [0.5, 0.6) is 0 Å². The van der Waals surface area contributed by atoms with Crippen molar-refractivity contribution < 1.29 is 0 Å². The van der Waals surface area contributed by atoms with Gasteiger partial charge < -0.3 is 0 Å². The largest absolute Gasteiger partial charge is 0.146 e. The van der Waals surface area contributed by atoms with Crippen molar-refractivity contribution in [1.82, 2.24) is 0 Å². The average molecular weight is 515 g/mol. The summed E-state index contributed by atoms with van der Waals surface area (Å²) in [6, 6.07) is 4.87. The summed E-state index contributed by atoms with van der Waals surface area (Å²) >= 11 is 3.90. The standard InChI is InChI=1S/C31H50S2Si/c1-9-11-13-15-17-27-19-21-32-31(27)30-23-28(18-16-14-12-10-2)29(33-30)20-22-34(24(3)4,25(5)6)26(7)8/h19,21,23-26H,9-18H2,1-8H3. The molecule has 0 aliphatic rings. The number of unbranched alkanes of at least 4 members (excludes halogenated alkanes) is 6. The Kier molecular flexibility index (Phi) is 12.7. The number of aryl methyl sites for hydroxylation is 2. The zero-order chi connectivity index (χ0) is 25.1. The fourth-order valence-electron chi connectivity index (χ4n) is 5.66. The molecule has 0 nitrogen and oxygen atoms in total. The monoisotopic (exact) mass is 514 g/mol. The van der Waals surface area contributed by atoms with Gasteiger partial charge in [-0.15, -0.1) is 28.2 Å². The number of rotatable bonds is 14. The number of hydrogen-bond acceptors (Lipinski definition) is 2. The van der Waals surface area contributed by atoms with Crippen LogP contribution in [0.4, 0.5) is 0 Å². The molecule has 0 atom stereocenters. The molecule has 0 aliphatic carbocycles. The Morgan fingerprint density at radius 3 is 1.85 bits per heavy atom. The molecule has 0 N–H and O–H groups in total. The second-order valence-electron chi connectivity index (χ2n) is 11.0. The normalized spacial score (nSPS) is 12.1. The topological polar surface area (TPSA) is 0 Å². The smallest absolute Gasteiger partial charge is 0.143 e. The molecule has 3 heteroatoms. The molecule has 0 aromatic carbocycles. The molecule has 0 unspecified atom stereocenters. The second kappa shape index (κ2) is 14.7. The van der Waals surface area contributed by atoms with Crippen molar-refractivity contribution in [2.24, 2.45) is 0 Å². The van der Waals surface area contributed by atoms with E-state index in [1.54, 1.807) is 5.56 Å². The molecule has 34 heavy (non-hydrogen) atoms. The Balaban J connectivity index is 2.41. The van der Waals surface area contributed by atoms with Gasteiger partial charge in [0.15, 0.2) is 0 Å². The summed E-state index contributed by atoms with van der Waals surface area (Å²) in [4.78, 5) is 4.32. The van der Waals surface area contributed by atoms with E-state index in [0.29, 0.717) is 16.6 Å². The zero-order valence-corrected chi connectivity index (χ0v) is 26.0. The summed E-state index contributed by atoms with van der Waals surface area (Å²) in [6.45, 7) is 19.1. The third-order valence-corrected chi connectivity index (χ3v) is 16.2. The molecule has 0 fully saturated rings. The Hall–Kier alpha value is -0.823. The van der Waals surface area contributed by atoms with Crippen LogP contribution in [-0.2, 0) is 12.8 Å². The van der Waals surface area contributed by atoms with Crippen LogP contribution in [0.3, 0.4) is 0 Å². The molecule has 0 radical (unpaired) electrons. The van der Waals surface area contributed by atoms with Gasteiger partial charge in [0.25, 0.3) is 0 Å². The van der Waals surface area contributed by atoms with Crippen molar-refractivity contribution in [3.8, 4) is 21.2 Å². The van der Waals surface area contributed by atoms with Gasteiger partial charge in [-0.25, -0.2) is 0 Å². The first-order valence-electron chi connectivity index (χ1n) is 14.0. The average Bonchev–Trinajstić information content (AvgIpc) is 3.41. The molecule has 0 bridgehead atoms. The third kappa shape index (κ3) is 7.59. The highest BCUT2D eigenvalue weighted by atomic mass is 32.1. The van der Waals surface area contributed by atoms with Crippen LogP contribution in [0.15, 0.2) is 17.5 Å². The van der Waals surface area contributed by atoms with Gasteiger partial charge >= 0.3 is 0 Å². The lowest BCUT2D eigenvalue weighted by Crippen LogP contribution is -2.43. The summed E-state index contributed by atoms with van der Waals surface area (Å²) < 4.78 is 0. The van der Waals surface area contributed by atoms with Crippen LogP contribution in [-0.4, -0.2) is 8.07 Å². The van der Waals surface area contributed by atoms with Crippen LogP contribution >= 0.6 is 22.7 Å². The first kappa shape index (κ1) is 29.4. The first-order valence-corrected chi connectivity index (χ1v) is 17.9. The summed E-state index contributed by atoms with van der Waals surface area (Å²) in [5.41, 5.74) is 9.11. The van der Waals surface area contributed by atoms with Crippen LogP contribution < -0.4 is 0 Å². The van der Waals surface area contributed by atoms with Gasteiger partial charge in [-0.05, 0) is 70.9 Å². The van der Waals surface area contributed by atoms with E-state index in [-0.39, 0.29) is 0 Å². The zero-order valence-electron chi connectivity index (χ0n) is 23.4. The fraction of sp³-hybridized carbons (Fsp3) is 0.677. The minimum absolute atomic E-state index is 0.680. The Morgan fingerprint density at radius 1 is 0.765 bits per heavy atom. The molecule has 2 aromatic heterocycles. The highest BCUT2D eigenvalue weighted by Gasteiger charge is 2.41. The highest BCUT2D eigenvalue weighted by molar-refractivity contribution is 7.21. The predicted molar refractivity (Wildman–Crippen MR) is 161 cm³/mol. The summed E-state index contributed by atoms with van der Waals surface area (Å²) in [6.07, 6.45) is 13.0. The lowest BCUT2D eigenvalue weighted by Gasteiger charge is -2.38. The van der Waals surface area contributed by atoms with Gasteiger partial charge in [-0.1, -0.05) is 99.8 Å². The lowest BCUT2D eigenvalue weighted by atomic mass is 10.0. The van der Waals surface area contributed by atoms with Crippen LogP contribution in [0.2, 0.25) is 16.6 Å². The molecule has 190 valence electrons. The van der Waals surface area contributed by atoms with Crippen molar-refractivity contribution in [1.29, 1.82) is 0 Å². The maximum absolute atomic E-state index is 4.01. The van der Waals surface area contributed by atoms with E-state index in [9.17, 15) is 0 Å². The van der Waals surface area contributed by atoms with Gasteiger partial charge in [0.05, 0.1) is 4.88 Å². The molecule has 2 aromatic rings. The van der Waals surface area contributed by atoms with E-state index in [4.69, 9.17) is 0 Å². The second-order valence-corrected chi connectivity index (χ2v) is 18.6. The van der Waals surface area contributed by atoms with E-state index >= 15 is 0 Å². The van der Waals surface area contributed by atoms with Gasteiger partial charge in [-0.3, -0.25) is 0 Å². The van der Waals surface area contributed by atoms with Crippen molar-refractivity contribution in [3.05, 3.63) is 33.5 Å². The lowest BCUT2D eigenvalue weighted by molar-refractivity contribution is 0.667. The van der Waals surface area contributed by atoms with Crippen molar-refractivity contribution in [3.63, 3.8) is 0 Å². The molecule has 0 amide bonds. The quantitative estimate of drug-likeness (QED) is 0.133. The minimum Gasteiger partial charge on any atom is -0.143 e. The van der Waals surface area contributed by atoms with Crippen molar-refractivity contribution >= 4 is 30.7 Å². The molecular weight excluding hydrogens is 465 g/mol. The maximum atomic E-state index is 4.01. The third-order valence-electron chi connectivity index (χ3n) is 7.64. The van der Waals surface area contributed by atoms with E-state index in [2.05, 4.69) is 84.4 Å². The molecular formula is C31H50S2Si. The number of thiophene rings is 2. The Morgan fingerprint density at radius 2 is 1.32 bits per heavy atom. The molecule has 0 spiro atoms. The van der Waals surface area contributed by atoms with Crippen molar-refractivity contribution in [2.45, 2.75) is 136 Å². The summed E-state index contributed by atoms with van der Waals surface area (Å²) in [5.74, 6) is 3.84. The minimum atomic E-state index is -1.72. The Labute approximate surface area is 221 Å². The van der Waals surface area contributed by atoms with E-state index in [1.807, 2.05) is 22.7 Å². The van der Waals surface area contributed by atoms with Crippen LogP contribution in [0.25, 0.3) is 9.75 Å². The van der Waals surface area contributed by atoms with Crippen molar-refractivity contribution in [2.75, 3.05) is 0 Å². The van der Waals surface area contributed by atoms with E-state index in [0.717, 1.165) is 0 Å². The van der Waals surface area contributed by atoms with Gasteiger partial charge in [0, 0.05) is 9.75 Å². The summed E-state index contributed by atoms with van der Waals surface area (Å²) in [5, 5.41) is 2.30.